The lowest BCUT2D eigenvalue weighted by atomic mass is 10.1. The molecule has 0 amide bonds. The molecule has 0 bridgehead atoms. The topological polar surface area (TPSA) is 16.9 Å². The lowest BCUT2D eigenvalue weighted by Gasteiger charge is -2.34. The molecule has 150 valence electrons. The minimum atomic E-state index is 0.617. The Kier molecular flexibility index (Phi) is 6.16. The Labute approximate surface area is 174 Å². The Bertz CT molecular complexity index is 913. The number of rotatable bonds is 6. The Hall–Kier alpha value is -2.78. The third-order valence-corrected chi connectivity index (χ3v) is 5.80. The number of quaternary nitrogens is 1. The van der Waals surface area contributed by atoms with Crippen LogP contribution in [0.4, 0.5) is 5.69 Å². The molecule has 3 nitrogen and oxygen atoms in total. The quantitative estimate of drug-likeness (QED) is 0.693. The van der Waals surface area contributed by atoms with Crippen molar-refractivity contribution in [2.75, 3.05) is 31.1 Å². The van der Waals surface area contributed by atoms with Crippen molar-refractivity contribution in [3.63, 3.8) is 0 Å². The van der Waals surface area contributed by atoms with Crippen LogP contribution in [0, 0.1) is 13.8 Å². The summed E-state index contributed by atoms with van der Waals surface area (Å²) in [7, 11) is 0. The van der Waals surface area contributed by atoms with Crippen LogP contribution in [-0.4, -0.2) is 26.2 Å². The monoisotopic (exact) mass is 387 g/mol. The summed E-state index contributed by atoms with van der Waals surface area (Å²) in [6.07, 6.45) is 0. The van der Waals surface area contributed by atoms with Gasteiger partial charge in [-0.05, 0) is 60.9 Å². The first-order valence-corrected chi connectivity index (χ1v) is 10.6. The third kappa shape index (κ3) is 5.18. The SMILES string of the molecule is Cc1ccc(C)c(N2CC[NH+](Cc3ccc(OCc4ccccc4)cc3)CC2)c1. The van der Waals surface area contributed by atoms with Crippen molar-refractivity contribution in [2.24, 2.45) is 0 Å². The first-order chi connectivity index (χ1) is 14.2. The summed E-state index contributed by atoms with van der Waals surface area (Å²) in [4.78, 5) is 4.20. The largest absolute Gasteiger partial charge is 0.489 e. The van der Waals surface area contributed by atoms with Gasteiger partial charge in [-0.3, -0.25) is 0 Å². The van der Waals surface area contributed by atoms with E-state index in [1.54, 1.807) is 4.90 Å². The molecule has 1 fully saturated rings. The van der Waals surface area contributed by atoms with E-state index in [0.717, 1.165) is 25.4 Å². The van der Waals surface area contributed by atoms with E-state index < -0.39 is 0 Å². The molecule has 29 heavy (non-hydrogen) atoms. The number of piperazine rings is 1. The number of aryl methyl sites for hydroxylation is 2. The average molecular weight is 388 g/mol. The van der Waals surface area contributed by atoms with Crippen LogP contribution in [0.3, 0.4) is 0 Å². The molecule has 0 saturated carbocycles. The molecule has 0 aromatic heterocycles. The average Bonchev–Trinajstić information content (AvgIpc) is 2.76. The molecule has 0 unspecified atom stereocenters. The van der Waals surface area contributed by atoms with Gasteiger partial charge in [-0.25, -0.2) is 0 Å². The fourth-order valence-electron chi connectivity index (χ4n) is 4.03. The molecule has 3 aromatic rings. The molecule has 0 aliphatic carbocycles. The van der Waals surface area contributed by atoms with Gasteiger partial charge in [-0.2, -0.15) is 0 Å². The van der Waals surface area contributed by atoms with Crippen molar-refractivity contribution in [3.05, 3.63) is 95.1 Å². The van der Waals surface area contributed by atoms with Crippen LogP contribution >= 0.6 is 0 Å². The number of anilines is 1. The Balaban J connectivity index is 1.27. The maximum absolute atomic E-state index is 5.91. The molecule has 1 N–H and O–H groups in total. The van der Waals surface area contributed by atoms with Gasteiger partial charge in [0.05, 0.1) is 26.2 Å². The molecule has 1 heterocycles. The summed E-state index contributed by atoms with van der Waals surface area (Å²) in [6, 6.07) is 25.7. The van der Waals surface area contributed by atoms with Crippen LogP contribution in [0.5, 0.6) is 5.75 Å². The van der Waals surface area contributed by atoms with Gasteiger partial charge in [0.1, 0.15) is 18.9 Å². The van der Waals surface area contributed by atoms with Gasteiger partial charge in [0.2, 0.25) is 0 Å². The highest BCUT2D eigenvalue weighted by molar-refractivity contribution is 5.55. The van der Waals surface area contributed by atoms with Gasteiger partial charge in [0.25, 0.3) is 0 Å². The molecule has 0 spiro atoms. The van der Waals surface area contributed by atoms with Crippen LogP contribution in [0.1, 0.15) is 22.3 Å². The predicted molar refractivity (Wildman–Crippen MR) is 120 cm³/mol. The summed E-state index contributed by atoms with van der Waals surface area (Å²) in [5.74, 6) is 0.937. The zero-order valence-corrected chi connectivity index (χ0v) is 17.5. The highest BCUT2D eigenvalue weighted by atomic mass is 16.5. The van der Waals surface area contributed by atoms with Gasteiger partial charge >= 0.3 is 0 Å². The van der Waals surface area contributed by atoms with E-state index in [1.165, 1.54) is 41.0 Å². The van der Waals surface area contributed by atoms with Gasteiger partial charge in [0.15, 0.2) is 0 Å². The van der Waals surface area contributed by atoms with Crippen LogP contribution in [0.15, 0.2) is 72.8 Å². The van der Waals surface area contributed by atoms with E-state index in [9.17, 15) is 0 Å². The van der Waals surface area contributed by atoms with Crippen molar-refractivity contribution in [1.82, 2.24) is 0 Å². The van der Waals surface area contributed by atoms with E-state index in [2.05, 4.69) is 73.3 Å². The number of ether oxygens (including phenoxy) is 1. The number of hydrogen-bond donors (Lipinski definition) is 1. The molecule has 0 radical (unpaired) electrons. The molecular formula is C26H31N2O+. The van der Waals surface area contributed by atoms with Crippen molar-refractivity contribution in [3.8, 4) is 5.75 Å². The van der Waals surface area contributed by atoms with E-state index in [1.807, 2.05) is 18.2 Å². The maximum Gasteiger partial charge on any atom is 0.119 e. The fourth-order valence-corrected chi connectivity index (χ4v) is 4.03. The molecule has 1 aliphatic heterocycles. The first kappa shape index (κ1) is 19.5. The standard InChI is InChI=1S/C26H30N2O/c1-21-8-9-22(2)26(18-21)28-16-14-27(15-17-28)19-23-10-12-25(13-11-23)29-20-24-6-4-3-5-7-24/h3-13,18H,14-17,19-20H2,1-2H3/p+1. The number of nitrogens with zero attached hydrogens (tertiary/aromatic N) is 1. The second-order valence-electron chi connectivity index (χ2n) is 8.12. The normalized spacial score (nSPS) is 14.8. The van der Waals surface area contributed by atoms with Crippen LogP contribution < -0.4 is 14.5 Å². The molecule has 3 aromatic carbocycles. The van der Waals surface area contributed by atoms with Gasteiger partial charge in [-0.1, -0.05) is 42.5 Å². The lowest BCUT2D eigenvalue weighted by Crippen LogP contribution is -3.13. The summed E-state index contributed by atoms with van der Waals surface area (Å²) < 4.78 is 5.91. The molecule has 4 rings (SSSR count). The third-order valence-electron chi connectivity index (χ3n) is 5.80. The lowest BCUT2D eigenvalue weighted by molar-refractivity contribution is -0.914. The Morgan fingerprint density at radius 2 is 1.55 bits per heavy atom. The minimum Gasteiger partial charge on any atom is -0.489 e. The number of benzene rings is 3. The fraction of sp³-hybridized carbons (Fsp3) is 0.308. The highest BCUT2D eigenvalue weighted by Gasteiger charge is 2.21. The second-order valence-corrected chi connectivity index (χ2v) is 8.12. The summed E-state index contributed by atoms with van der Waals surface area (Å²) in [5, 5.41) is 0. The van der Waals surface area contributed by atoms with Crippen molar-refractivity contribution >= 4 is 5.69 Å². The summed E-state index contributed by atoms with van der Waals surface area (Å²) >= 11 is 0. The van der Waals surface area contributed by atoms with E-state index in [4.69, 9.17) is 4.74 Å². The van der Waals surface area contributed by atoms with Gasteiger partial charge in [0, 0.05) is 11.3 Å². The van der Waals surface area contributed by atoms with Crippen molar-refractivity contribution < 1.29 is 9.64 Å². The van der Waals surface area contributed by atoms with Gasteiger partial charge in [-0.15, -0.1) is 0 Å². The summed E-state index contributed by atoms with van der Waals surface area (Å²) in [5.41, 5.74) is 6.71. The number of hydrogen-bond acceptors (Lipinski definition) is 2. The zero-order chi connectivity index (χ0) is 20.1. The number of nitrogens with one attached hydrogen (secondary N) is 1. The molecule has 1 saturated heterocycles. The van der Waals surface area contributed by atoms with Crippen molar-refractivity contribution in [2.45, 2.75) is 27.0 Å². The zero-order valence-electron chi connectivity index (χ0n) is 17.5. The minimum absolute atomic E-state index is 0.617. The molecule has 1 aliphatic rings. The van der Waals surface area contributed by atoms with E-state index in [0.29, 0.717) is 6.61 Å². The molecular weight excluding hydrogens is 356 g/mol. The molecule has 0 atom stereocenters. The van der Waals surface area contributed by atoms with Crippen LogP contribution in [-0.2, 0) is 13.2 Å². The Morgan fingerprint density at radius 1 is 0.828 bits per heavy atom. The van der Waals surface area contributed by atoms with E-state index >= 15 is 0 Å². The van der Waals surface area contributed by atoms with E-state index in [-0.39, 0.29) is 0 Å². The Morgan fingerprint density at radius 3 is 2.28 bits per heavy atom. The highest BCUT2D eigenvalue weighted by Crippen LogP contribution is 2.21. The van der Waals surface area contributed by atoms with Gasteiger partial charge < -0.3 is 14.5 Å². The van der Waals surface area contributed by atoms with Crippen molar-refractivity contribution in [1.29, 1.82) is 0 Å². The predicted octanol–water partition coefficient (Wildman–Crippen LogP) is 3.79. The maximum atomic E-state index is 5.91. The molecule has 3 heteroatoms. The summed E-state index contributed by atoms with van der Waals surface area (Å²) in [6.45, 7) is 10.7. The second kappa shape index (κ2) is 9.15. The van der Waals surface area contributed by atoms with Crippen LogP contribution in [0.25, 0.3) is 0 Å². The van der Waals surface area contributed by atoms with Crippen LogP contribution in [0.2, 0.25) is 0 Å². The smallest absolute Gasteiger partial charge is 0.119 e. The first-order valence-electron chi connectivity index (χ1n) is 10.6.